The minimum absolute atomic E-state index is 0.0231. The van der Waals surface area contributed by atoms with E-state index in [0.717, 1.165) is 5.57 Å². The van der Waals surface area contributed by atoms with Crippen molar-refractivity contribution in [1.82, 2.24) is 0 Å². The van der Waals surface area contributed by atoms with Crippen molar-refractivity contribution in [2.45, 2.75) is 90.0 Å². The fourth-order valence-electron chi connectivity index (χ4n) is 8.02. The zero-order valence-corrected chi connectivity index (χ0v) is 24.5. The summed E-state index contributed by atoms with van der Waals surface area (Å²) < 4.78 is 29.7. The predicted octanol–water partition coefficient (Wildman–Crippen LogP) is 3.37. The molecular weight excluding hydrogens is 516 g/mol. The molecule has 8 atom stereocenters. The highest BCUT2D eigenvalue weighted by molar-refractivity contribution is 5.87. The number of benzene rings is 1. The summed E-state index contributed by atoms with van der Waals surface area (Å²) in [5.74, 6) is -0.599. The molecule has 1 heterocycles. The number of allylic oxidation sites excluding steroid dienone is 1. The number of fused-ring (bicyclic) bond motifs is 5. The predicted molar refractivity (Wildman–Crippen MR) is 145 cm³/mol. The molecule has 0 aromatic heterocycles. The first kappa shape index (κ1) is 29.0. The van der Waals surface area contributed by atoms with Gasteiger partial charge >= 0.3 is 5.97 Å². The normalized spacial score (nSPS) is 39.9. The van der Waals surface area contributed by atoms with Gasteiger partial charge in [0.25, 0.3) is 0 Å². The first-order chi connectivity index (χ1) is 18.8. The summed E-state index contributed by atoms with van der Waals surface area (Å²) in [6, 6.07) is 5.38. The number of ether oxygens (including phenoxy) is 5. The molecule has 3 fully saturated rings. The van der Waals surface area contributed by atoms with Crippen molar-refractivity contribution in [2.75, 3.05) is 20.8 Å². The van der Waals surface area contributed by atoms with Crippen LogP contribution in [0.5, 0.6) is 11.5 Å². The first-order valence-corrected chi connectivity index (χ1v) is 14.0. The van der Waals surface area contributed by atoms with Crippen LogP contribution < -0.4 is 9.47 Å². The zero-order valence-electron chi connectivity index (χ0n) is 24.5. The molecular formula is C31H42O9. The lowest BCUT2D eigenvalue weighted by atomic mass is 9.44. The minimum atomic E-state index is -1.47. The van der Waals surface area contributed by atoms with Gasteiger partial charge in [-0.1, -0.05) is 25.5 Å². The van der Waals surface area contributed by atoms with Crippen LogP contribution in [-0.2, 0) is 30.4 Å². The SMILES string of the molecule is COc1ccc(OC)c(CO[C@@H]2C3C4(OC(C)=O)COC4CC(O)[C@]3(C)C(=O)CC3C(C)=CCC2(O)C3(C)C)c1. The maximum absolute atomic E-state index is 14.3. The van der Waals surface area contributed by atoms with Gasteiger partial charge in [0, 0.05) is 36.7 Å². The number of carbonyl (C=O) groups excluding carboxylic acids is 2. The van der Waals surface area contributed by atoms with Gasteiger partial charge in [-0.15, -0.1) is 0 Å². The molecule has 6 unspecified atom stereocenters. The maximum Gasteiger partial charge on any atom is 0.303 e. The molecule has 1 saturated heterocycles. The van der Waals surface area contributed by atoms with Crippen LogP contribution in [0.3, 0.4) is 0 Å². The quantitative estimate of drug-likeness (QED) is 0.400. The highest BCUT2D eigenvalue weighted by Gasteiger charge is 2.76. The summed E-state index contributed by atoms with van der Waals surface area (Å²) in [5, 5.41) is 24.4. The molecule has 2 N–H and O–H groups in total. The van der Waals surface area contributed by atoms with Crippen molar-refractivity contribution >= 4 is 11.8 Å². The third kappa shape index (κ3) is 3.95. The summed E-state index contributed by atoms with van der Waals surface area (Å²) >= 11 is 0. The Balaban J connectivity index is 1.71. The van der Waals surface area contributed by atoms with Crippen LogP contribution in [0.4, 0.5) is 0 Å². The van der Waals surface area contributed by atoms with Crippen LogP contribution in [0.2, 0.25) is 0 Å². The van der Waals surface area contributed by atoms with Crippen LogP contribution in [-0.4, -0.2) is 72.3 Å². The lowest BCUT2D eigenvalue weighted by molar-refractivity contribution is -0.352. The third-order valence-electron chi connectivity index (χ3n) is 10.6. The van der Waals surface area contributed by atoms with Crippen LogP contribution in [0.15, 0.2) is 29.8 Å². The minimum Gasteiger partial charge on any atom is -0.497 e. The molecule has 9 nitrogen and oxygen atoms in total. The number of hydrogen-bond acceptors (Lipinski definition) is 9. The number of hydrogen-bond donors (Lipinski definition) is 2. The van der Waals surface area contributed by atoms with E-state index in [4.69, 9.17) is 23.7 Å². The molecule has 0 radical (unpaired) electrons. The number of esters is 1. The maximum atomic E-state index is 14.3. The first-order valence-electron chi connectivity index (χ1n) is 14.0. The highest BCUT2D eigenvalue weighted by atomic mass is 16.6. The van der Waals surface area contributed by atoms with Crippen molar-refractivity contribution in [2.24, 2.45) is 22.7 Å². The Morgan fingerprint density at radius 2 is 1.90 bits per heavy atom. The second-order valence-corrected chi connectivity index (χ2v) is 12.7. The van der Waals surface area contributed by atoms with Gasteiger partial charge in [-0.05, 0) is 44.4 Å². The number of carbonyl (C=O) groups is 2. The van der Waals surface area contributed by atoms with E-state index in [0.29, 0.717) is 17.1 Å². The monoisotopic (exact) mass is 558 g/mol. The van der Waals surface area contributed by atoms with Gasteiger partial charge in [-0.25, -0.2) is 0 Å². The molecule has 2 saturated carbocycles. The van der Waals surface area contributed by atoms with Crippen LogP contribution in [0.1, 0.15) is 59.4 Å². The van der Waals surface area contributed by atoms with Crippen LogP contribution in [0.25, 0.3) is 0 Å². The molecule has 1 aromatic rings. The molecule has 3 aliphatic carbocycles. The molecule has 220 valence electrons. The molecule has 40 heavy (non-hydrogen) atoms. The van der Waals surface area contributed by atoms with Crippen LogP contribution in [0, 0.1) is 22.7 Å². The Morgan fingerprint density at radius 1 is 1.18 bits per heavy atom. The van der Waals surface area contributed by atoms with E-state index in [9.17, 15) is 19.8 Å². The Morgan fingerprint density at radius 3 is 2.50 bits per heavy atom. The fraction of sp³-hybridized carbons (Fsp3) is 0.677. The average Bonchev–Trinajstić information content (AvgIpc) is 2.90. The number of aliphatic hydroxyl groups is 2. The summed E-state index contributed by atoms with van der Waals surface area (Å²) in [5.41, 5.74) is -3.14. The number of methoxy groups -OCH3 is 2. The summed E-state index contributed by atoms with van der Waals surface area (Å²) in [6.07, 6.45) is -0.158. The largest absolute Gasteiger partial charge is 0.497 e. The molecule has 9 heteroatoms. The lowest BCUT2D eigenvalue weighted by Crippen LogP contribution is -2.80. The Kier molecular flexibility index (Phi) is 7.13. The Bertz CT molecular complexity index is 1220. The molecule has 1 aromatic carbocycles. The third-order valence-corrected chi connectivity index (χ3v) is 10.6. The molecule has 5 rings (SSSR count). The van der Waals surface area contributed by atoms with Crippen molar-refractivity contribution in [3.05, 3.63) is 35.4 Å². The molecule has 2 bridgehead atoms. The molecule has 0 amide bonds. The lowest BCUT2D eigenvalue weighted by Gasteiger charge is -2.67. The second kappa shape index (κ2) is 9.82. The summed E-state index contributed by atoms with van der Waals surface area (Å²) in [6.45, 7) is 9.08. The van der Waals surface area contributed by atoms with Crippen molar-refractivity contribution in [1.29, 1.82) is 0 Å². The van der Waals surface area contributed by atoms with Crippen molar-refractivity contribution in [3.8, 4) is 11.5 Å². The Labute approximate surface area is 235 Å². The van der Waals surface area contributed by atoms with Crippen molar-refractivity contribution in [3.63, 3.8) is 0 Å². The van der Waals surface area contributed by atoms with E-state index < -0.39 is 52.2 Å². The van der Waals surface area contributed by atoms with E-state index in [1.807, 2.05) is 32.9 Å². The number of aliphatic hydroxyl groups excluding tert-OH is 1. The smallest absolute Gasteiger partial charge is 0.303 e. The molecule has 4 aliphatic rings. The summed E-state index contributed by atoms with van der Waals surface area (Å²) in [7, 11) is 3.14. The van der Waals surface area contributed by atoms with Gasteiger partial charge in [-0.2, -0.15) is 0 Å². The average molecular weight is 559 g/mol. The van der Waals surface area contributed by atoms with E-state index in [2.05, 4.69) is 0 Å². The number of ketones is 1. The van der Waals surface area contributed by atoms with Crippen LogP contribution >= 0.6 is 0 Å². The second-order valence-electron chi connectivity index (χ2n) is 12.7. The van der Waals surface area contributed by atoms with Crippen molar-refractivity contribution < 1.29 is 43.5 Å². The molecule has 0 spiro atoms. The fourth-order valence-corrected chi connectivity index (χ4v) is 8.02. The van der Waals surface area contributed by atoms with Gasteiger partial charge in [0.15, 0.2) is 5.60 Å². The van der Waals surface area contributed by atoms with Gasteiger partial charge in [0.05, 0.1) is 45.1 Å². The summed E-state index contributed by atoms with van der Waals surface area (Å²) in [4.78, 5) is 26.9. The zero-order chi connectivity index (χ0) is 29.3. The number of Topliss-reactive ketones (excluding diaryl/α,β-unsaturated/α-hetero) is 1. The molecule has 1 aliphatic heterocycles. The van der Waals surface area contributed by atoms with Gasteiger partial charge in [0.1, 0.15) is 29.0 Å². The van der Waals surface area contributed by atoms with E-state index in [1.165, 1.54) is 6.92 Å². The standard InChI is InChI=1S/C31H42O9/c1-17-10-11-31(35)27(38-15-19-12-20(36-6)8-9-22(19)37-7)26-29(5,23(33)13-21(17)28(31,3)4)24(34)14-25-30(26,16-39-25)40-18(2)32/h8-10,12,21,24-27,34-35H,11,13-16H2,1-7H3/t21?,24?,25?,26?,27-,29+,30?,31?/m1/s1. The van der Waals surface area contributed by atoms with Gasteiger partial charge in [-0.3, -0.25) is 9.59 Å². The van der Waals surface area contributed by atoms with Gasteiger partial charge in [0.2, 0.25) is 0 Å². The van der Waals surface area contributed by atoms with Gasteiger partial charge < -0.3 is 33.9 Å². The van der Waals surface area contributed by atoms with E-state index in [-0.39, 0.29) is 44.2 Å². The number of rotatable bonds is 6. The topological polar surface area (TPSA) is 121 Å². The Hall–Kier alpha value is -2.46. The van der Waals surface area contributed by atoms with E-state index >= 15 is 0 Å². The van der Waals surface area contributed by atoms with E-state index in [1.54, 1.807) is 33.3 Å². The highest BCUT2D eigenvalue weighted by Crippen LogP contribution is 2.64.